The summed E-state index contributed by atoms with van der Waals surface area (Å²) in [6.45, 7) is 0.402. The zero-order chi connectivity index (χ0) is 19.8. The van der Waals surface area contributed by atoms with Gasteiger partial charge in [-0.2, -0.15) is 10.2 Å². The number of nitrogens with one attached hydrogen (secondary N) is 1. The van der Waals surface area contributed by atoms with Crippen LogP contribution in [0.15, 0.2) is 83.0 Å². The molecule has 0 aliphatic carbocycles. The van der Waals surface area contributed by atoms with E-state index < -0.39 is 0 Å². The number of carbonyl (C=O) groups excluding carboxylic acids is 1. The van der Waals surface area contributed by atoms with Crippen LogP contribution < -0.4 is 17.0 Å². The van der Waals surface area contributed by atoms with Crippen molar-refractivity contribution in [1.29, 1.82) is 0 Å². The molecule has 5 N–H and O–H groups in total. The first-order valence-corrected chi connectivity index (χ1v) is 8.74. The SMILES string of the molecule is NN=Cc1cccc(CNC(=O)c2ccccc2-c2cccc(C=NN)c2)c1. The van der Waals surface area contributed by atoms with Crippen LogP contribution in [0.3, 0.4) is 0 Å². The Bertz CT molecular complexity index is 1030. The van der Waals surface area contributed by atoms with Crippen molar-refractivity contribution in [3.63, 3.8) is 0 Å². The van der Waals surface area contributed by atoms with Crippen LogP contribution in [-0.4, -0.2) is 18.3 Å². The lowest BCUT2D eigenvalue weighted by atomic mass is 9.97. The lowest BCUT2D eigenvalue weighted by Crippen LogP contribution is -2.23. The highest BCUT2D eigenvalue weighted by molar-refractivity contribution is 6.01. The van der Waals surface area contributed by atoms with Crippen molar-refractivity contribution in [1.82, 2.24) is 5.32 Å². The number of hydrazone groups is 2. The molecule has 0 saturated carbocycles. The molecule has 6 nitrogen and oxygen atoms in total. The summed E-state index contributed by atoms with van der Waals surface area (Å²) in [7, 11) is 0. The van der Waals surface area contributed by atoms with Gasteiger partial charge in [0.25, 0.3) is 5.91 Å². The Balaban J connectivity index is 1.81. The number of hydrogen-bond donors (Lipinski definition) is 3. The number of benzene rings is 3. The van der Waals surface area contributed by atoms with E-state index in [0.717, 1.165) is 27.8 Å². The van der Waals surface area contributed by atoms with Crippen molar-refractivity contribution in [2.75, 3.05) is 0 Å². The molecule has 28 heavy (non-hydrogen) atoms. The summed E-state index contributed by atoms with van der Waals surface area (Å²) in [6, 6.07) is 22.9. The number of amides is 1. The quantitative estimate of drug-likeness (QED) is 0.352. The third kappa shape index (κ3) is 4.62. The minimum absolute atomic E-state index is 0.147. The monoisotopic (exact) mass is 371 g/mol. The molecule has 0 spiro atoms. The number of hydrogen-bond acceptors (Lipinski definition) is 5. The smallest absolute Gasteiger partial charge is 0.252 e. The third-order valence-corrected chi connectivity index (χ3v) is 4.22. The highest BCUT2D eigenvalue weighted by Gasteiger charge is 2.12. The minimum Gasteiger partial charge on any atom is -0.348 e. The Labute approximate surface area is 163 Å². The molecule has 0 saturated heterocycles. The molecule has 0 bridgehead atoms. The van der Waals surface area contributed by atoms with E-state index in [-0.39, 0.29) is 5.91 Å². The lowest BCUT2D eigenvalue weighted by molar-refractivity contribution is 0.0951. The van der Waals surface area contributed by atoms with Crippen LogP contribution in [0.4, 0.5) is 0 Å². The molecule has 3 rings (SSSR count). The fourth-order valence-corrected chi connectivity index (χ4v) is 2.95. The molecule has 3 aromatic carbocycles. The predicted molar refractivity (Wildman–Crippen MR) is 113 cm³/mol. The Kier molecular flexibility index (Phi) is 6.15. The first-order chi connectivity index (χ1) is 13.7. The zero-order valence-corrected chi connectivity index (χ0v) is 15.2. The maximum atomic E-state index is 12.8. The molecule has 0 atom stereocenters. The van der Waals surface area contributed by atoms with Gasteiger partial charge in [-0.25, -0.2) is 0 Å². The maximum absolute atomic E-state index is 12.8. The van der Waals surface area contributed by atoms with Crippen LogP contribution in [0, 0.1) is 0 Å². The number of rotatable bonds is 6. The van der Waals surface area contributed by atoms with E-state index in [0.29, 0.717) is 12.1 Å². The van der Waals surface area contributed by atoms with Crippen LogP contribution in [-0.2, 0) is 6.54 Å². The van der Waals surface area contributed by atoms with Crippen molar-refractivity contribution in [2.24, 2.45) is 21.9 Å². The van der Waals surface area contributed by atoms with Gasteiger partial charge in [-0.15, -0.1) is 0 Å². The van der Waals surface area contributed by atoms with E-state index in [4.69, 9.17) is 11.7 Å². The molecule has 3 aromatic rings. The second-order valence-corrected chi connectivity index (χ2v) is 6.16. The van der Waals surface area contributed by atoms with Gasteiger partial charge in [-0.05, 0) is 46.0 Å². The maximum Gasteiger partial charge on any atom is 0.252 e. The molecule has 0 heterocycles. The molecule has 0 aliphatic heterocycles. The minimum atomic E-state index is -0.147. The Morgan fingerprint density at radius 1 is 0.857 bits per heavy atom. The van der Waals surface area contributed by atoms with Crippen LogP contribution in [0.1, 0.15) is 27.0 Å². The fraction of sp³-hybridized carbons (Fsp3) is 0.0455. The standard InChI is InChI=1S/C22H21N5O/c23-26-14-17-6-3-5-16(11-17)13-25-22(28)21-10-2-1-9-20(21)19-8-4-7-18(12-19)15-27-24/h1-12,14-15H,13,23-24H2,(H,25,28). The molecule has 1 amide bonds. The second kappa shape index (κ2) is 9.14. The summed E-state index contributed by atoms with van der Waals surface area (Å²) in [6.07, 6.45) is 3.14. The van der Waals surface area contributed by atoms with E-state index in [1.165, 1.54) is 0 Å². The third-order valence-electron chi connectivity index (χ3n) is 4.22. The van der Waals surface area contributed by atoms with Gasteiger partial charge >= 0.3 is 0 Å². The lowest BCUT2D eigenvalue weighted by Gasteiger charge is -2.11. The van der Waals surface area contributed by atoms with E-state index >= 15 is 0 Å². The van der Waals surface area contributed by atoms with Crippen molar-refractivity contribution in [3.8, 4) is 11.1 Å². The van der Waals surface area contributed by atoms with Gasteiger partial charge in [-0.1, -0.05) is 54.6 Å². The van der Waals surface area contributed by atoms with Gasteiger partial charge in [0.05, 0.1) is 12.4 Å². The number of nitrogens with two attached hydrogens (primary N) is 2. The van der Waals surface area contributed by atoms with Crippen molar-refractivity contribution in [2.45, 2.75) is 6.54 Å². The largest absolute Gasteiger partial charge is 0.348 e. The molecule has 6 heteroatoms. The van der Waals surface area contributed by atoms with Gasteiger partial charge in [0, 0.05) is 12.1 Å². The highest BCUT2D eigenvalue weighted by atomic mass is 16.1. The summed E-state index contributed by atoms with van der Waals surface area (Å²) in [5.41, 5.74) is 5.08. The first kappa shape index (κ1) is 18.8. The van der Waals surface area contributed by atoms with Gasteiger partial charge in [0.1, 0.15) is 0 Å². The topological polar surface area (TPSA) is 106 Å². The molecule has 0 fully saturated rings. The average molecular weight is 371 g/mol. The highest BCUT2D eigenvalue weighted by Crippen LogP contribution is 2.24. The van der Waals surface area contributed by atoms with Crippen molar-refractivity contribution < 1.29 is 4.79 Å². The summed E-state index contributed by atoms with van der Waals surface area (Å²) in [5.74, 6) is 10.3. The fourth-order valence-electron chi connectivity index (χ4n) is 2.95. The van der Waals surface area contributed by atoms with Crippen molar-refractivity contribution >= 4 is 18.3 Å². The van der Waals surface area contributed by atoms with Crippen LogP contribution in [0.2, 0.25) is 0 Å². The predicted octanol–water partition coefficient (Wildman–Crippen LogP) is 2.87. The summed E-state index contributed by atoms with van der Waals surface area (Å²) in [5, 5.41) is 10.1. The van der Waals surface area contributed by atoms with Crippen LogP contribution in [0.25, 0.3) is 11.1 Å². The van der Waals surface area contributed by atoms with E-state index in [9.17, 15) is 4.79 Å². The molecular formula is C22H21N5O. The molecule has 0 aromatic heterocycles. The normalized spacial score (nSPS) is 11.1. The van der Waals surface area contributed by atoms with Crippen LogP contribution >= 0.6 is 0 Å². The summed E-state index contributed by atoms with van der Waals surface area (Å²) < 4.78 is 0. The summed E-state index contributed by atoms with van der Waals surface area (Å²) >= 11 is 0. The van der Waals surface area contributed by atoms with Gasteiger partial charge < -0.3 is 17.0 Å². The van der Waals surface area contributed by atoms with E-state index in [1.807, 2.05) is 72.8 Å². The molecule has 0 radical (unpaired) electrons. The van der Waals surface area contributed by atoms with Gasteiger partial charge in [0.15, 0.2) is 0 Å². The van der Waals surface area contributed by atoms with Crippen molar-refractivity contribution in [3.05, 3.63) is 95.1 Å². The summed E-state index contributed by atoms with van der Waals surface area (Å²) in [4.78, 5) is 12.8. The Hall–Kier alpha value is -3.93. The zero-order valence-electron chi connectivity index (χ0n) is 15.2. The molecule has 0 unspecified atom stereocenters. The first-order valence-electron chi connectivity index (χ1n) is 8.74. The molecule has 140 valence electrons. The molecule has 0 aliphatic rings. The average Bonchev–Trinajstić information content (AvgIpc) is 2.73. The number of carbonyl (C=O) groups is 1. The van der Waals surface area contributed by atoms with Gasteiger partial charge in [0.2, 0.25) is 0 Å². The van der Waals surface area contributed by atoms with Crippen LogP contribution in [0.5, 0.6) is 0 Å². The number of nitrogens with zero attached hydrogens (tertiary/aromatic N) is 2. The van der Waals surface area contributed by atoms with E-state index in [2.05, 4.69) is 15.5 Å². The Morgan fingerprint density at radius 2 is 1.54 bits per heavy atom. The van der Waals surface area contributed by atoms with E-state index in [1.54, 1.807) is 12.4 Å². The molecular weight excluding hydrogens is 350 g/mol. The second-order valence-electron chi connectivity index (χ2n) is 6.16. The van der Waals surface area contributed by atoms with Gasteiger partial charge in [-0.3, -0.25) is 4.79 Å². The Morgan fingerprint density at radius 3 is 2.29 bits per heavy atom.